The number of anilines is 1. The molecule has 1 aliphatic heterocycles. The molecule has 1 aromatic rings. The first-order valence-corrected chi connectivity index (χ1v) is 6.31. The number of hydrogen-bond donors (Lipinski definition) is 1. The lowest BCUT2D eigenvalue weighted by atomic mass is 10.2. The summed E-state index contributed by atoms with van der Waals surface area (Å²) in [6, 6.07) is 7.85. The smallest absolute Gasteiger partial charge is 0.262 e. The van der Waals surface area contributed by atoms with Gasteiger partial charge in [0.1, 0.15) is 0 Å². The molecule has 0 bridgehead atoms. The van der Waals surface area contributed by atoms with E-state index in [0.717, 1.165) is 27.5 Å². The molecule has 1 heterocycles. The summed E-state index contributed by atoms with van der Waals surface area (Å²) in [4.78, 5) is 13.7. The van der Waals surface area contributed by atoms with Gasteiger partial charge in [-0.05, 0) is 30.2 Å². The second-order valence-corrected chi connectivity index (χ2v) is 4.99. The molecule has 0 unspecified atom stereocenters. The minimum Gasteiger partial charge on any atom is -0.320 e. The van der Waals surface area contributed by atoms with E-state index < -0.39 is 0 Å². The molecule has 0 saturated carbocycles. The Labute approximate surface area is 104 Å². The first-order chi connectivity index (χ1) is 8.33. The number of carbonyl (C=O) groups excluding carboxylic acids is 1. The van der Waals surface area contributed by atoms with E-state index >= 15 is 0 Å². The molecule has 0 saturated heterocycles. The molecule has 0 aromatic heterocycles. The summed E-state index contributed by atoms with van der Waals surface area (Å²) in [5.41, 5.74) is 2.01. The van der Waals surface area contributed by atoms with Crippen LogP contribution in [0.2, 0.25) is 0 Å². The van der Waals surface area contributed by atoms with E-state index in [0.29, 0.717) is 0 Å². The van der Waals surface area contributed by atoms with Crippen LogP contribution in [0, 0.1) is 0 Å². The van der Waals surface area contributed by atoms with Gasteiger partial charge in [0, 0.05) is 4.90 Å². The summed E-state index contributed by atoms with van der Waals surface area (Å²) in [6.07, 6.45) is 9.15. The molecule has 1 aromatic carbocycles. The van der Waals surface area contributed by atoms with Gasteiger partial charge in [-0.25, -0.2) is 0 Å². The van der Waals surface area contributed by atoms with Crippen LogP contribution in [0.4, 0.5) is 5.69 Å². The van der Waals surface area contributed by atoms with E-state index in [4.69, 9.17) is 0 Å². The molecule has 17 heavy (non-hydrogen) atoms. The summed E-state index contributed by atoms with van der Waals surface area (Å²) in [6.45, 7) is 0. The Morgan fingerprint density at radius 3 is 3.00 bits per heavy atom. The zero-order valence-corrected chi connectivity index (χ0v) is 9.96. The van der Waals surface area contributed by atoms with Gasteiger partial charge in [0.15, 0.2) is 0 Å². The fourth-order valence-electron chi connectivity index (χ4n) is 1.84. The van der Waals surface area contributed by atoms with Gasteiger partial charge >= 0.3 is 0 Å². The number of rotatable bonds is 1. The van der Waals surface area contributed by atoms with Gasteiger partial charge < -0.3 is 5.32 Å². The second-order valence-electron chi connectivity index (χ2n) is 3.90. The number of allylic oxidation sites excluding steroid dienone is 5. The minimum atomic E-state index is -0.0186. The Balaban J connectivity index is 1.94. The molecule has 1 aliphatic carbocycles. The maximum Gasteiger partial charge on any atom is 0.262 e. The van der Waals surface area contributed by atoms with Crippen LogP contribution in [0.25, 0.3) is 0 Å². The molecule has 2 aliphatic rings. The summed E-state index contributed by atoms with van der Waals surface area (Å²) in [5.74, 6) is -0.0186. The highest BCUT2D eigenvalue weighted by atomic mass is 32.2. The van der Waals surface area contributed by atoms with Crippen molar-refractivity contribution in [2.75, 3.05) is 5.32 Å². The standard InChI is InChI=1S/C14H11NOS/c16-14-13(9-10-5-1-2-6-10)17-12-8-4-3-7-11(12)15-14/h1,3-9H,2H2,(H,15,16). The molecule has 1 N–H and O–H groups in total. The van der Waals surface area contributed by atoms with Gasteiger partial charge in [-0.3, -0.25) is 4.79 Å². The van der Waals surface area contributed by atoms with Gasteiger partial charge in [-0.1, -0.05) is 42.1 Å². The van der Waals surface area contributed by atoms with Crippen molar-refractivity contribution in [3.05, 3.63) is 59.0 Å². The normalized spacial score (nSPS) is 20.1. The van der Waals surface area contributed by atoms with Crippen molar-refractivity contribution in [2.24, 2.45) is 0 Å². The monoisotopic (exact) mass is 241 g/mol. The number of benzene rings is 1. The van der Waals surface area contributed by atoms with Gasteiger partial charge in [0.2, 0.25) is 0 Å². The van der Waals surface area contributed by atoms with Crippen molar-refractivity contribution in [3.8, 4) is 0 Å². The van der Waals surface area contributed by atoms with Crippen molar-refractivity contribution < 1.29 is 4.79 Å². The van der Waals surface area contributed by atoms with Crippen molar-refractivity contribution in [2.45, 2.75) is 11.3 Å². The SMILES string of the molecule is O=C1Nc2ccccc2SC1=CC1=CCC=C1. The third-order valence-corrected chi connectivity index (χ3v) is 3.78. The maximum absolute atomic E-state index is 11.9. The Bertz CT molecular complexity index is 569. The predicted octanol–water partition coefficient (Wildman–Crippen LogP) is 3.50. The number of hydrogen-bond acceptors (Lipinski definition) is 2. The molecule has 3 heteroatoms. The Morgan fingerprint density at radius 1 is 1.29 bits per heavy atom. The molecule has 0 atom stereocenters. The van der Waals surface area contributed by atoms with Crippen LogP contribution in [0.5, 0.6) is 0 Å². The first kappa shape index (κ1) is 10.4. The molecular formula is C14H11NOS. The number of fused-ring (bicyclic) bond motifs is 1. The van der Waals surface area contributed by atoms with E-state index in [2.05, 4.69) is 17.5 Å². The third kappa shape index (κ3) is 2.06. The number of para-hydroxylation sites is 1. The molecule has 1 amide bonds. The average Bonchev–Trinajstić information content (AvgIpc) is 2.83. The van der Waals surface area contributed by atoms with Crippen LogP contribution in [0.3, 0.4) is 0 Å². The first-order valence-electron chi connectivity index (χ1n) is 5.49. The van der Waals surface area contributed by atoms with Crippen LogP contribution in [-0.4, -0.2) is 5.91 Å². The van der Waals surface area contributed by atoms with Gasteiger partial charge in [-0.15, -0.1) is 0 Å². The molecule has 0 spiro atoms. The van der Waals surface area contributed by atoms with Crippen LogP contribution >= 0.6 is 11.8 Å². The second kappa shape index (κ2) is 4.26. The molecule has 0 fully saturated rings. The van der Waals surface area contributed by atoms with Crippen LogP contribution in [-0.2, 0) is 4.79 Å². The highest BCUT2D eigenvalue weighted by Crippen LogP contribution is 2.38. The minimum absolute atomic E-state index is 0.0186. The number of amides is 1. The lowest BCUT2D eigenvalue weighted by Gasteiger charge is -2.18. The third-order valence-electron chi connectivity index (χ3n) is 2.68. The topological polar surface area (TPSA) is 29.1 Å². The maximum atomic E-state index is 11.9. The van der Waals surface area contributed by atoms with Gasteiger partial charge in [0.05, 0.1) is 10.6 Å². The van der Waals surface area contributed by atoms with Crippen molar-refractivity contribution in [1.29, 1.82) is 0 Å². The summed E-state index contributed by atoms with van der Waals surface area (Å²) in [7, 11) is 0. The van der Waals surface area contributed by atoms with Crippen molar-refractivity contribution in [1.82, 2.24) is 0 Å². The number of carbonyl (C=O) groups is 1. The van der Waals surface area contributed by atoms with Crippen molar-refractivity contribution in [3.63, 3.8) is 0 Å². The largest absolute Gasteiger partial charge is 0.320 e. The van der Waals surface area contributed by atoms with Crippen LogP contribution < -0.4 is 5.32 Å². The number of nitrogens with one attached hydrogen (secondary N) is 1. The van der Waals surface area contributed by atoms with E-state index in [9.17, 15) is 4.79 Å². The quantitative estimate of drug-likeness (QED) is 0.762. The highest BCUT2D eigenvalue weighted by molar-refractivity contribution is 8.04. The Hall–Kier alpha value is -1.74. The number of thioether (sulfide) groups is 1. The molecule has 3 rings (SSSR count). The summed E-state index contributed by atoms with van der Waals surface area (Å²) < 4.78 is 0. The van der Waals surface area contributed by atoms with E-state index in [1.807, 2.05) is 36.4 Å². The van der Waals surface area contributed by atoms with E-state index in [-0.39, 0.29) is 5.91 Å². The average molecular weight is 241 g/mol. The molecule has 84 valence electrons. The molecular weight excluding hydrogens is 230 g/mol. The predicted molar refractivity (Wildman–Crippen MR) is 70.9 cm³/mol. The lowest BCUT2D eigenvalue weighted by Crippen LogP contribution is -2.17. The Morgan fingerprint density at radius 2 is 2.18 bits per heavy atom. The highest BCUT2D eigenvalue weighted by Gasteiger charge is 2.20. The molecule has 0 radical (unpaired) electrons. The van der Waals surface area contributed by atoms with E-state index in [1.54, 1.807) is 0 Å². The summed E-state index contributed by atoms with van der Waals surface area (Å²) in [5, 5.41) is 2.90. The zero-order valence-electron chi connectivity index (χ0n) is 9.14. The van der Waals surface area contributed by atoms with Crippen LogP contribution in [0.15, 0.2) is 63.9 Å². The van der Waals surface area contributed by atoms with Crippen molar-refractivity contribution >= 4 is 23.4 Å². The molecule has 2 nitrogen and oxygen atoms in total. The fraction of sp³-hybridized carbons (Fsp3) is 0.0714. The fourth-order valence-corrected chi connectivity index (χ4v) is 2.79. The lowest BCUT2D eigenvalue weighted by molar-refractivity contribution is -0.112. The van der Waals surface area contributed by atoms with Crippen LogP contribution in [0.1, 0.15) is 6.42 Å². The van der Waals surface area contributed by atoms with Gasteiger partial charge in [-0.2, -0.15) is 0 Å². The Kier molecular flexibility index (Phi) is 2.61. The zero-order chi connectivity index (χ0) is 11.7. The van der Waals surface area contributed by atoms with Gasteiger partial charge in [0.25, 0.3) is 5.91 Å². The van der Waals surface area contributed by atoms with E-state index in [1.165, 1.54) is 11.8 Å². The summed E-state index contributed by atoms with van der Waals surface area (Å²) >= 11 is 1.53.